The van der Waals surface area contributed by atoms with Gasteiger partial charge in [0.15, 0.2) is 0 Å². The Kier molecular flexibility index (Phi) is 4.85. The highest BCUT2D eigenvalue weighted by Crippen LogP contribution is 2.32. The van der Waals surface area contributed by atoms with Crippen molar-refractivity contribution in [3.8, 4) is 0 Å². The molecule has 0 unspecified atom stereocenters. The topological polar surface area (TPSA) is 12.0 Å². The lowest BCUT2D eigenvalue weighted by molar-refractivity contribution is 0.400. The Morgan fingerprint density at radius 3 is 2.39 bits per heavy atom. The molecule has 1 nitrogen and oxygen atoms in total. The molecule has 0 spiro atoms. The molecule has 0 aromatic heterocycles. The lowest BCUT2D eigenvalue weighted by atomic mass is 9.80. The van der Waals surface area contributed by atoms with Gasteiger partial charge in [0.2, 0.25) is 0 Å². The Balaban J connectivity index is 2.94. The molecule has 0 amide bonds. The van der Waals surface area contributed by atoms with Crippen LogP contribution in [0.25, 0.3) is 0 Å². The van der Waals surface area contributed by atoms with E-state index < -0.39 is 17.0 Å². The summed E-state index contributed by atoms with van der Waals surface area (Å²) in [4.78, 5) is 0. The standard InChI is InChI=1S/C15H23F2N/c1-10(2)18-9-8-15(4,5)13-12(16)7-6-11(3)14(13)17/h6-7,10,18H,8-9H2,1-5H3. The smallest absolute Gasteiger partial charge is 0.132 e. The van der Waals surface area contributed by atoms with Gasteiger partial charge >= 0.3 is 0 Å². The Hall–Kier alpha value is -0.960. The van der Waals surface area contributed by atoms with Crippen molar-refractivity contribution in [1.29, 1.82) is 0 Å². The third-order valence-electron chi connectivity index (χ3n) is 3.26. The van der Waals surface area contributed by atoms with E-state index in [1.807, 2.05) is 13.8 Å². The Labute approximate surface area is 109 Å². The highest BCUT2D eigenvalue weighted by molar-refractivity contribution is 5.32. The summed E-state index contributed by atoms with van der Waals surface area (Å²) in [6.45, 7) is 10.3. The molecular weight excluding hydrogens is 232 g/mol. The predicted octanol–water partition coefficient (Wildman–Crippen LogP) is 3.94. The van der Waals surface area contributed by atoms with Crippen molar-refractivity contribution in [2.24, 2.45) is 0 Å². The van der Waals surface area contributed by atoms with Crippen molar-refractivity contribution in [3.05, 3.63) is 34.9 Å². The van der Waals surface area contributed by atoms with E-state index in [4.69, 9.17) is 0 Å². The first-order valence-electron chi connectivity index (χ1n) is 6.44. The van der Waals surface area contributed by atoms with Gasteiger partial charge in [0.05, 0.1) is 0 Å². The molecule has 0 fully saturated rings. The summed E-state index contributed by atoms with van der Waals surface area (Å²) in [6.07, 6.45) is 0.697. The number of nitrogens with one attached hydrogen (secondary N) is 1. The van der Waals surface area contributed by atoms with E-state index in [-0.39, 0.29) is 5.56 Å². The third-order valence-corrected chi connectivity index (χ3v) is 3.26. The number of hydrogen-bond acceptors (Lipinski definition) is 1. The summed E-state index contributed by atoms with van der Waals surface area (Å²) < 4.78 is 27.9. The van der Waals surface area contributed by atoms with Crippen molar-refractivity contribution in [2.45, 2.75) is 52.5 Å². The summed E-state index contributed by atoms with van der Waals surface area (Å²) in [5.74, 6) is -0.864. The molecule has 0 heterocycles. The summed E-state index contributed by atoms with van der Waals surface area (Å²) in [5.41, 5.74) is 0.187. The van der Waals surface area contributed by atoms with E-state index in [2.05, 4.69) is 19.2 Å². The second-order valence-electron chi connectivity index (χ2n) is 5.80. The largest absolute Gasteiger partial charge is 0.315 e. The van der Waals surface area contributed by atoms with Crippen LogP contribution in [0.2, 0.25) is 0 Å². The quantitative estimate of drug-likeness (QED) is 0.840. The zero-order valence-electron chi connectivity index (χ0n) is 11.9. The Bertz CT molecular complexity index is 411. The summed E-state index contributed by atoms with van der Waals surface area (Å²) in [6, 6.07) is 3.22. The fourth-order valence-electron chi connectivity index (χ4n) is 2.08. The van der Waals surface area contributed by atoms with E-state index in [1.54, 1.807) is 6.92 Å². The molecule has 0 saturated carbocycles. The van der Waals surface area contributed by atoms with Crippen LogP contribution >= 0.6 is 0 Å². The molecule has 0 aliphatic carbocycles. The first kappa shape index (κ1) is 15.1. The fraction of sp³-hybridized carbons (Fsp3) is 0.600. The van der Waals surface area contributed by atoms with Gasteiger partial charge in [0.25, 0.3) is 0 Å². The monoisotopic (exact) mass is 255 g/mol. The third kappa shape index (κ3) is 3.52. The number of rotatable bonds is 5. The minimum Gasteiger partial charge on any atom is -0.315 e. The molecule has 1 aromatic rings. The van der Waals surface area contributed by atoms with Crippen LogP contribution in [0.5, 0.6) is 0 Å². The van der Waals surface area contributed by atoms with Gasteiger partial charge in [-0.15, -0.1) is 0 Å². The van der Waals surface area contributed by atoms with E-state index in [0.29, 0.717) is 18.0 Å². The number of benzene rings is 1. The van der Waals surface area contributed by atoms with E-state index in [0.717, 1.165) is 6.54 Å². The highest BCUT2D eigenvalue weighted by Gasteiger charge is 2.28. The van der Waals surface area contributed by atoms with Gasteiger partial charge < -0.3 is 5.32 Å². The van der Waals surface area contributed by atoms with Crippen molar-refractivity contribution >= 4 is 0 Å². The summed E-state index contributed by atoms with van der Waals surface area (Å²) in [7, 11) is 0. The molecule has 0 aliphatic heterocycles. The molecule has 0 atom stereocenters. The Morgan fingerprint density at radius 1 is 1.22 bits per heavy atom. The zero-order chi connectivity index (χ0) is 13.9. The molecule has 1 N–H and O–H groups in total. The molecule has 3 heteroatoms. The van der Waals surface area contributed by atoms with Crippen molar-refractivity contribution in [2.75, 3.05) is 6.54 Å². The van der Waals surface area contributed by atoms with Crippen LogP contribution in [0.15, 0.2) is 12.1 Å². The van der Waals surface area contributed by atoms with Crippen molar-refractivity contribution < 1.29 is 8.78 Å². The molecule has 102 valence electrons. The first-order chi connectivity index (χ1) is 8.25. The minimum atomic E-state index is -0.512. The van der Waals surface area contributed by atoms with Crippen LogP contribution in [0, 0.1) is 18.6 Å². The van der Waals surface area contributed by atoms with Gasteiger partial charge in [-0.1, -0.05) is 33.8 Å². The SMILES string of the molecule is Cc1ccc(F)c(C(C)(C)CCNC(C)C)c1F. The van der Waals surface area contributed by atoms with Gasteiger partial charge in [-0.2, -0.15) is 0 Å². The fourth-order valence-corrected chi connectivity index (χ4v) is 2.08. The summed E-state index contributed by atoms with van der Waals surface area (Å²) >= 11 is 0. The highest BCUT2D eigenvalue weighted by atomic mass is 19.1. The van der Waals surface area contributed by atoms with E-state index >= 15 is 0 Å². The van der Waals surface area contributed by atoms with E-state index in [1.165, 1.54) is 12.1 Å². The maximum Gasteiger partial charge on any atom is 0.132 e. The number of aryl methyl sites for hydroxylation is 1. The number of halogens is 2. The maximum atomic E-state index is 14.1. The first-order valence-corrected chi connectivity index (χ1v) is 6.44. The second-order valence-corrected chi connectivity index (χ2v) is 5.80. The van der Waals surface area contributed by atoms with Crippen molar-refractivity contribution in [1.82, 2.24) is 5.32 Å². The summed E-state index contributed by atoms with van der Waals surface area (Å²) in [5, 5.41) is 3.28. The minimum absolute atomic E-state index is 0.202. The van der Waals surface area contributed by atoms with Crippen LogP contribution in [-0.2, 0) is 5.41 Å². The van der Waals surface area contributed by atoms with Crippen LogP contribution in [0.1, 0.15) is 45.2 Å². The molecule has 1 rings (SSSR count). The van der Waals surface area contributed by atoms with Crippen LogP contribution in [0.4, 0.5) is 8.78 Å². The molecule has 0 saturated heterocycles. The number of hydrogen-bond donors (Lipinski definition) is 1. The van der Waals surface area contributed by atoms with Crippen LogP contribution < -0.4 is 5.32 Å². The van der Waals surface area contributed by atoms with Gasteiger partial charge in [-0.25, -0.2) is 8.78 Å². The predicted molar refractivity (Wildman–Crippen MR) is 71.9 cm³/mol. The normalized spacial score (nSPS) is 12.2. The van der Waals surface area contributed by atoms with E-state index in [9.17, 15) is 8.78 Å². The van der Waals surface area contributed by atoms with Gasteiger partial charge in [-0.05, 0) is 36.9 Å². The average molecular weight is 255 g/mol. The molecular formula is C15H23F2N. The molecule has 0 radical (unpaired) electrons. The molecule has 0 bridgehead atoms. The van der Waals surface area contributed by atoms with Gasteiger partial charge in [0.1, 0.15) is 11.6 Å². The lowest BCUT2D eigenvalue weighted by Gasteiger charge is -2.27. The van der Waals surface area contributed by atoms with Crippen molar-refractivity contribution in [3.63, 3.8) is 0 Å². The molecule has 18 heavy (non-hydrogen) atoms. The van der Waals surface area contributed by atoms with Gasteiger partial charge in [-0.3, -0.25) is 0 Å². The average Bonchev–Trinajstić information content (AvgIpc) is 2.23. The molecule has 1 aromatic carbocycles. The van der Waals surface area contributed by atoms with Gasteiger partial charge in [0, 0.05) is 11.6 Å². The van der Waals surface area contributed by atoms with Crippen LogP contribution in [0.3, 0.4) is 0 Å². The lowest BCUT2D eigenvalue weighted by Crippen LogP contribution is -2.31. The Morgan fingerprint density at radius 2 is 1.83 bits per heavy atom. The zero-order valence-corrected chi connectivity index (χ0v) is 11.9. The molecule has 0 aliphatic rings. The van der Waals surface area contributed by atoms with Crippen LogP contribution in [-0.4, -0.2) is 12.6 Å². The second kappa shape index (κ2) is 5.79. The maximum absolute atomic E-state index is 14.1.